The molecule has 0 spiro atoms. The molecular weight excluding hydrogens is 308 g/mol. The Kier molecular flexibility index (Phi) is 5.91. The first-order chi connectivity index (χ1) is 11.6. The molecule has 2 aromatic carbocycles. The fourth-order valence-corrected chi connectivity index (χ4v) is 3.07. The molecule has 1 unspecified atom stereocenters. The van der Waals surface area contributed by atoms with Gasteiger partial charge in [0.15, 0.2) is 0 Å². The van der Waals surface area contributed by atoms with E-state index in [-0.39, 0.29) is 17.0 Å². The highest BCUT2D eigenvalue weighted by atomic mass is 16.5. The second kappa shape index (κ2) is 7.59. The fourth-order valence-electron chi connectivity index (χ4n) is 3.07. The maximum absolute atomic E-state index is 6.42. The van der Waals surface area contributed by atoms with Gasteiger partial charge in [0.2, 0.25) is 0 Å². The van der Waals surface area contributed by atoms with Gasteiger partial charge in [-0.15, -0.1) is 0 Å². The van der Waals surface area contributed by atoms with E-state index < -0.39 is 0 Å². The number of hydrogen-bond donors (Lipinski definition) is 2. The van der Waals surface area contributed by atoms with Crippen molar-refractivity contribution in [1.29, 1.82) is 0 Å². The zero-order chi connectivity index (χ0) is 18.7. The van der Waals surface area contributed by atoms with Gasteiger partial charge in [-0.25, -0.2) is 0 Å². The highest BCUT2D eigenvalue weighted by Crippen LogP contribution is 2.34. The minimum atomic E-state index is -0.333. The van der Waals surface area contributed by atoms with Crippen molar-refractivity contribution >= 4 is 0 Å². The Morgan fingerprint density at radius 2 is 1.52 bits per heavy atom. The zero-order valence-electron chi connectivity index (χ0n) is 16.2. The van der Waals surface area contributed by atoms with E-state index >= 15 is 0 Å². The first-order valence-corrected chi connectivity index (χ1v) is 8.91. The Balaban J connectivity index is 2.10. The summed E-state index contributed by atoms with van der Waals surface area (Å²) in [7, 11) is 0. The summed E-state index contributed by atoms with van der Waals surface area (Å²) >= 11 is 0. The summed E-state index contributed by atoms with van der Waals surface area (Å²) in [5, 5.41) is 0. The Labute approximate surface area is 152 Å². The quantitative estimate of drug-likeness (QED) is 0.779. The van der Waals surface area contributed by atoms with Gasteiger partial charge in [0.05, 0.1) is 0 Å². The lowest BCUT2D eigenvalue weighted by molar-refractivity contribution is 0.304. The Hall–Kier alpha value is -1.84. The summed E-state index contributed by atoms with van der Waals surface area (Å²) < 4.78 is 5.94. The van der Waals surface area contributed by atoms with Crippen LogP contribution < -0.4 is 16.2 Å². The lowest BCUT2D eigenvalue weighted by Crippen LogP contribution is -2.45. The molecule has 0 fully saturated rings. The zero-order valence-corrected chi connectivity index (χ0v) is 16.2. The van der Waals surface area contributed by atoms with Crippen LogP contribution in [0.3, 0.4) is 0 Å². The Bertz CT molecular complexity index is 678. The van der Waals surface area contributed by atoms with Gasteiger partial charge in [-0.2, -0.15) is 0 Å². The van der Waals surface area contributed by atoms with E-state index in [1.54, 1.807) is 0 Å². The monoisotopic (exact) mass is 340 g/mol. The van der Waals surface area contributed by atoms with Crippen LogP contribution in [0.5, 0.6) is 5.75 Å². The molecule has 1 atom stereocenters. The van der Waals surface area contributed by atoms with Crippen molar-refractivity contribution in [2.24, 2.45) is 11.5 Å². The lowest BCUT2D eigenvalue weighted by Gasteiger charge is -2.35. The van der Waals surface area contributed by atoms with Crippen LogP contribution in [0.2, 0.25) is 0 Å². The number of rotatable bonds is 7. The van der Waals surface area contributed by atoms with Gasteiger partial charge in [0.1, 0.15) is 12.4 Å². The molecule has 0 aliphatic heterocycles. The van der Waals surface area contributed by atoms with Gasteiger partial charge < -0.3 is 16.2 Å². The van der Waals surface area contributed by atoms with Crippen molar-refractivity contribution in [1.82, 2.24) is 0 Å². The molecule has 0 bridgehead atoms. The molecular formula is C22H32N2O. The van der Waals surface area contributed by atoms with Crippen molar-refractivity contribution < 1.29 is 4.74 Å². The minimum absolute atomic E-state index is 0.193. The average Bonchev–Trinajstić information content (AvgIpc) is 2.51. The van der Waals surface area contributed by atoms with E-state index in [1.807, 2.05) is 38.1 Å². The van der Waals surface area contributed by atoms with Crippen molar-refractivity contribution in [3.63, 3.8) is 0 Å². The average molecular weight is 341 g/mol. The molecule has 0 aliphatic carbocycles. The maximum Gasteiger partial charge on any atom is 0.119 e. The van der Waals surface area contributed by atoms with E-state index in [2.05, 4.69) is 45.0 Å². The highest BCUT2D eigenvalue weighted by molar-refractivity contribution is 5.32. The van der Waals surface area contributed by atoms with Crippen LogP contribution >= 0.6 is 0 Å². The fraction of sp³-hybridized carbons (Fsp3) is 0.455. The summed E-state index contributed by atoms with van der Waals surface area (Å²) in [6.45, 7) is 10.9. The summed E-state index contributed by atoms with van der Waals surface area (Å²) in [5.41, 5.74) is 15.7. The number of ether oxygens (including phenoxy) is 1. The summed E-state index contributed by atoms with van der Waals surface area (Å²) in [5.74, 6) is 1.06. The molecule has 0 amide bonds. The molecule has 4 N–H and O–H groups in total. The van der Waals surface area contributed by atoms with Gasteiger partial charge in [-0.05, 0) is 69.9 Å². The summed E-state index contributed by atoms with van der Waals surface area (Å²) in [6, 6.07) is 16.5. The molecule has 0 saturated carbocycles. The molecule has 2 aromatic rings. The standard InChI is InChI=1S/C22H32N2O/c1-16-8-6-7-9-18(16)15-25-19-12-10-17(11-13-19)20(22(4,5)24)14-21(2,3)23/h6-13,20H,14-15,23-24H2,1-5H3. The SMILES string of the molecule is Cc1ccccc1COc1ccc(C(CC(C)(C)N)C(C)(C)N)cc1. The van der Waals surface area contributed by atoms with E-state index in [9.17, 15) is 0 Å². The number of benzene rings is 2. The van der Waals surface area contributed by atoms with Crippen molar-refractivity contribution in [3.05, 3.63) is 65.2 Å². The normalized spacial score (nSPS) is 13.6. The molecule has 0 aliphatic rings. The molecule has 0 aromatic heterocycles. The lowest BCUT2D eigenvalue weighted by atomic mass is 9.75. The van der Waals surface area contributed by atoms with Gasteiger partial charge in [0, 0.05) is 17.0 Å². The van der Waals surface area contributed by atoms with E-state index in [1.165, 1.54) is 16.7 Å². The third kappa shape index (κ3) is 5.87. The molecule has 0 saturated heterocycles. The van der Waals surface area contributed by atoms with Crippen LogP contribution in [0, 0.1) is 6.92 Å². The van der Waals surface area contributed by atoms with E-state index in [0.29, 0.717) is 6.61 Å². The van der Waals surface area contributed by atoms with Crippen molar-refractivity contribution in [2.75, 3.05) is 0 Å². The highest BCUT2D eigenvalue weighted by Gasteiger charge is 2.31. The molecule has 3 heteroatoms. The third-order valence-electron chi connectivity index (χ3n) is 4.57. The largest absolute Gasteiger partial charge is 0.489 e. The first kappa shape index (κ1) is 19.5. The molecule has 136 valence electrons. The second-order valence-corrected chi connectivity index (χ2v) is 8.35. The smallest absolute Gasteiger partial charge is 0.119 e. The molecule has 2 rings (SSSR count). The number of aryl methyl sites for hydroxylation is 1. The van der Waals surface area contributed by atoms with Crippen LogP contribution in [0.15, 0.2) is 48.5 Å². The van der Waals surface area contributed by atoms with Crippen molar-refractivity contribution in [3.8, 4) is 5.75 Å². The minimum Gasteiger partial charge on any atom is -0.489 e. The van der Waals surface area contributed by atoms with Gasteiger partial charge in [-0.3, -0.25) is 0 Å². The van der Waals surface area contributed by atoms with Crippen LogP contribution in [0.4, 0.5) is 0 Å². The van der Waals surface area contributed by atoms with Gasteiger partial charge in [-0.1, -0.05) is 36.4 Å². The van der Waals surface area contributed by atoms with Gasteiger partial charge >= 0.3 is 0 Å². The van der Waals surface area contributed by atoms with Crippen molar-refractivity contribution in [2.45, 2.75) is 64.6 Å². The maximum atomic E-state index is 6.42. The third-order valence-corrected chi connectivity index (χ3v) is 4.57. The molecule has 0 radical (unpaired) electrons. The Morgan fingerprint density at radius 3 is 2.04 bits per heavy atom. The van der Waals surface area contributed by atoms with Crippen LogP contribution in [0.25, 0.3) is 0 Å². The van der Waals surface area contributed by atoms with Crippen LogP contribution in [0.1, 0.15) is 56.7 Å². The molecule has 3 nitrogen and oxygen atoms in total. The van der Waals surface area contributed by atoms with Gasteiger partial charge in [0.25, 0.3) is 0 Å². The summed E-state index contributed by atoms with van der Waals surface area (Å²) in [6.07, 6.45) is 0.833. The predicted molar refractivity (Wildman–Crippen MR) is 106 cm³/mol. The topological polar surface area (TPSA) is 61.3 Å². The predicted octanol–water partition coefficient (Wildman–Crippen LogP) is 4.52. The van der Waals surface area contributed by atoms with Crippen LogP contribution in [-0.2, 0) is 6.61 Å². The number of hydrogen-bond acceptors (Lipinski definition) is 3. The summed E-state index contributed by atoms with van der Waals surface area (Å²) in [4.78, 5) is 0. The van der Waals surface area contributed by atoms with E-state index in [4.69, 9.17) is 16.2 Å². The number of nitrogens with two attached hydrogens (primary N) is 2. The molecule has 0 heterocycles. The van der Waals surface area contributed by atoms with Crippen LogP contribution in [-0.4, -0.2) is 11.1 Å². The first-order valence-electron chi connectivity index (χ1n) is 8.91. The molecule has 25 heavy (non-hydrogen) atoms. The second-order valence-electron chi connectivity index (χ2n) is 8.35. The Morgan fingerprint density at radius 1 is 0.920 bits per heavy atom. The van der Waals surface area contributed by atoms with E-state index in [0.717, 1.165) is 12.2 Å².